The topological polar surface area (TPSA) is 34.1 Å². The first-order valence-electron chi connectivity index (χ1n) is 6.68. The second-order valence-electron chi connectivity index (χ2n) is 5.54. The van der Waals surface area contributed by atoms with Gasteiger partial charge in [0.1, 0.15) is 5.25 Å². The van der Waals surface area contributed by atoms with Crippen molar-refractivity contribution < 1.29 is 12.3 Å². The van der Waals surface area contributed by atoms with E-state index in [2.05, 4.69) is 0 Å². The standard InChI is InChI=1S/C16H13FO2S/c17-20(18,19)15-9-14-10-5-1-3-7-12(10)16(15)13-8-4-2-6-11(13)14/h1-8,14-16H,9H2/t14?,15-,16?/m1/s1. The van der Waals surface area contributed by atoms with Crippen LogP contribution in [0.5, 0.6) is 0 Å². The molecular weight excluding hydrogens is 275 g/mol. The van der Waals surface area contributed by atoms with Crippen molar-refractivity contribution in [2.24, 2.45) is 0 Å². The molecular formula is C16H13FO2S. The minimum Gasteiger partial charge on any atom is -0.195 e. The summed E-state index contributed by atoms with van der Waals surface area (Å²) in [6.45, 7) is 0. The van der Waals surface area contributed by atoms with Crippen LogP contribution in [0.1, 0.15) is 40.5 Å². The first kappa shape index (κ1) is 12.1. The fourth-order valence-corrected chi connectivity index (χ4v) is 4.90. The summed E-state index contributed by atoms with van der Waals surface area (Å²) in [6.07, 6.45) is 0.345. The smallest absolute Gasteiger partial charge is 0.195 e. The van der Waals surface area contributed by atoms with Gasteiger partial charge in [-0.05, 0) is 28.7 Å². The molecule has 5 rings (SSSR count). The van der Waals surface area contributed by atoms with E-state index in [1.807, 2.05) is 48.5 Å². The second kappa shape index (κ2) is 3.92. The van der Waals surface area contributed by atoms with Crippen molar-refractivity contribution in [3.63, 3.8) is 0 Å². The van der Waals surface area contributed by atoms with Crippen LogP contribution in [0.4, 0.5) is 3.89 Å². The number of rotatable bonds is 1. The van der Waals surface area contributed by atoms with Gasteiger partial charge in [0.25, 0.3) is 0 Å². The molecule has 20 heavy (non-hydrogen) atoms. The summed E-state index contributed by atoms with van der Waals surface area (Å²) in [7, 11) is -4.54. The van der Waals surface area contributed by atoms with E-state index in [4.69, 9.17) is 0 Å². The van der Waals surface area contributed by atoms with E-state index < -0.39 is 15.5 Å². The highest BCUT2D eigenvalue weighted by Crippen LogP contribution is 2.54. The zero-order chi connectivity index (χ0) is 13.9. The van der Waals surface area contributed by atoms with E-state index >= 15 is 0 Å². The molecule has 4 heteroatoms. The van der Waals surface area contributed by atoms with Crippen LogP contribution in [-0.2, 0) is 10.2 Å². The van der Waals surface area contributed by atoms with E-state index in [0.717, 1.165) is 22.3 Å². The summed E-state index contributed by atoms with van der Waals surface area (Å²) in [6, 6.07) is 15.6. The van der Waals surface area contributed by atoms with Crippen molar-refractivity contribution in [2.75, 3.05) is 0 Å². The molecule has 102 valence electrons. The van der Waals surface area contributed by atoms with Crippen LogP contribution in [0, 0.1) is 0 Å². The first-order valence-corrected chi connectivity index (χ1v) is 8.13. The Morgan fingerprint density at radius 3 is 1.75 bits per heavy atom. The second-order valence-corrected chi connectivity index (χ2v) is 7.09. The van der Waals surface area contributed by atoms with Crippen LogP contribution in [0.25, 0.3) is 0 Å². The number of halogens is 1. The van der Waals surface area contributed by atoms with Crippen LogP contribution in [0.3, 0.4) is 0 Å². The Morgan fingerprint density at radius 2 is 1.30 bits per heavy atom. The molecule has 0 saturated heterocycles. The van der Waals surface area contributed by atoms with Gasteiger partial charge < -0.3 is 0 Å². The van der Waals surface area contributed by atoms with E-state index in [1.165, 1.54) is 0 Å². The fraction of sp³-hybridized carbons (Fsp3) is 0.250. The molecule has 0 spiro atoms. The Morgan fingerprint density at radius 1 is 0.850 bits per heavy atom. The molecule has 3 aliphatic carbocycles. The van der Waals surface area contributed by atoms with Crippen molar-refractivity contribution in [3.05, 3.63) is 70.8 Å². The highest BCUT2D eigenvalue weighted by Gasteiger charge is 2.48. The minimum atomic E-state index is -4.54. The lowest BCUT2D eigenvalue weighted by atomic mass is 9.63. The maximum Gasteiger partial charge on any atom is 0.306 e. The summed E-state index contributed by atoms with van der Waals surface area (Å²) in [5, 5.41) is -0.947. The Bertz CT molecular complexity index is 750. The van der Waals surface area contributed by atoms with Crippen LogP contribution < -0.4 is 0 Å². The maximum atomic E-state index is 13.7. The third-order valence-electron chi connectivity index (χ3n) is 4.61. The number of fused-ring (bicyclic) bond motifs is 1. The predicted molar refractivity (Wildman–Crippen MR) is 75.0 cm³/mol. The summed E-state index contributed by atoms with van der Waals surface area (Å²) in [4.78, 5) is 0. The summed E-state index contributed by atoms with van der Waals surface area (Å²) in [5.74, 6) is -0.384. The fourth-order valence-electron chi connectivity index (χ4n) is 3.86. The highest BCUT2D eigenvalue weighted by atomic mass is 32.3. The molecule has 0 aliphatic heterocycles. The highest BCUT2D eigenvalue weighted by molar-refractivity contribution is 7.87. The molecule has 3 aliphatic rings. The van der Waals surface area contributed by atoms with E-state index in [1.54, 1.807) is 0 Å². The lowest BCUT2D eigenvalue weighted by Crippen LogP contribution is -2.38. The van der Waals surface area contributed by atoms with Gasteiger partial charge in [0.05, 0.1) is 0 Å². The molecule has 2 aromatic carbocycles. The largest absolute Gasteiger partial charge is 0.306 e. The molecule has 0 fully saturated rings. The van der Waals surface area contributed by atoms with Gasteiger partial charge in [-0.15, -0.1) is 3.89 Å². The summed E-state index contributed by atoms with van der Waals surface area (Å²) >= 11 is 0. The van der Waals surface area contributed by atoms with Crippen molar-refractivity contribution in [2.45, 2.75) is 23.5 Å². The normalized spacial score (nSPS) is 26.9. The first-order chi connectivity index (χ1) is 9.57. The van der Waals surface area contributed by atoms with Crippen molar-refractivity contribution in [1.82, 2.24) is 0 Å². The van der Waals surface area contributed by atoms with Gasteiger partial charge in [0.15, 0.2) is 0 Å². The quantitative estimate of drug-likeness (QED) is 0.754. The summed E-state index contributed by atoms with van der Waals surface area (Å²) in [5.41, 5.74) is 4.23. The van der Waals surface area contributed by atoms with Crippen molar-refractivity contribution >= 4 is 10.2 Å². The Balaban J connectivity index is 2.03. The van der Waals surface area contributed by atoms with E-state index in [0.29, 0.717) is 6.42 Å². The molecule has 2 bridgehead atoms. The number of hydrogen-bond donors (Lipinski definition) is 0. The lowest BCUT2D eigenvalue weighted by Gasteiger charge is -2.43. The van der Waals surface area contributed by atoms with Gasteiger partial charge in [0, 0.05) is 11.8 Å². The monoisotopic (exact) mass is 288 g/mol. The molecule has 0 unspecified atom stereocenters. The van der Waals surface area contributed by atoms with Gasteiger partial charge in [-0.3, -0.25) is 0 Å². The van der Waals surface area contributed by atoms with Gasteiger partial charge >= 0.3 is 10.2 Å². The predicted octanol–water partition coefficient (Wildman–Crippen LogP) is 3.34. The Labute approximate surface area is 117 Å². The van der Waals surface area contributed by atoms with Gasteiger partial charge in [0.2, 0.25) is 0 Å². The molecule has 0 N–H and O–H groups in total. The van der Waals surface area contributed by atoms with Crippen LogP contribution >= 0.6 is 0 Å². The average molecular weight is 288 g/mol. The molecule has 0 aromatic heterocycles. The molecule has 0 heterocycles. The van der Waals surface area contributed by atoms with Gasteiger partial charge in [-0.1, -0.05) is 48.5 Å². The third-order valence-corrected chi connectivity index (χ3v) is 5.80. The molecule has 2 nitrogen and oxygen atoms in total. The van der Waals surface area contributed by atoms with Crippen LogP contribution in [0.15, 0.2) is 48.5 Å². The van der Waals surface area contributed by atoms with Gasteiger partial charge in [-0.25, -0.2) is 0 Å². The van der Waals surface area contributed by atoms with Crippen LogP contribution in [-0.4, -0.2) is 13.7 Å². The average Bonchev–Trinajstić information content (AvgIpc) is 2.46. The van der Waals surface area contributed by atoms with E-state index in [9.17, 15) is 12.3 Å². The lowest BCUT2D eigenvalue weighted by molar-refractivity contribution is 0.468. The molecule has 2 aromatic rings. The van der Waals surface area contributed by atoms with Crippen molar-refractivity contribution in [3.8, 4) is 0 Å². The van der Waals surface area contributed by atoms with Crippen molar-refractivity contribution in [1.29, 1.82) is 0 Å². The SMILES string of the molecule is O=S(=O)(F)[C@@H]1CC2c3ccccc3C1c1ccccc12. The van der Waals surface area contributed by atoms with Gasteiger partial charge in [-0.2, -0.15) is 8.42 Å². The zero-order valence-corrected chi connectivity index (χ0v) is 11.5. The minimum absolute atomic E-state index is 0.0112. The molecule has 0 radical (unpaired) electrons. The molecule has 0 amide bonds. The number of hydrogen-bond acceptors (Lipinski definition) is 2. The third kappa shape index (κ3) is 1.51. The van der Waals surface area contributed by atoms with Crippen LogP contribution in [0.2, 0.25) is 0 Å². The maximum absolute atomic E-state index is 13.7. The molecule has 0 saturated carbocycles. The number of benzene rings is 2. The summed E-state index contributed by atoms with van der Waals surface area (Å²) < 4.78 is 36.8. The Kier molecular flexibility index (Phi) is 2.37. The Hall–Kier alpha value is -1.68. The van der Waals surface area contributed by atoms with E-state index in [-0.39, 0.29) is 11.8 Å². The zero-order valence-electron chi connectivity index (χ0n) is 10.7. The molecule has 1 atom stereocenters.